The Bertz CT molecular complexity index is 662. The number of carbonyl (C=O) groups excluding carboxylic acids is 1. The van der Waals surface area contributed by atoms with Gasteiger partial charge in [-0.1, -0.05) is 5.16 Å². The van der Waals surface area contributed by atoms with E-state index in [1.165, 1.54) is 12.3 Å². The van der Waals surface area contributed by atoms with E-state index in [1.807, 2.05) is 13.2 Å². The van der Waals surface area contributed by atoms with Crippen LogP contribution < -0.4 is 5.73 Å². The van der Waals surface area contributed by atoms with E-state index in [0.29, 0.717) is 12.1 Å². The van der Waals surface area contributed by atoms with E-state index < -0.39 is 0 Å². The van der Waals surface area contributed by atoms with E-state index in [1.54, 1.807) is 28.9 Å². The monoisotopic (exact) mass is 288 g/mol. The largest absolute Gasteiger partial charge is 0.409 e. The molecule has 0 saturated heterocycles. The molecule has 0 aliphatic carbocycles. The van der Waals surface area contributed by atoms with Gasteiger partial charge in [0.2, 0.25) is 0 Å². The Morgan fingerprint density at radius 3 is 2.76 bits per heavy atom. The predicted molar refractivity (Wildman–Crippen MR) is 75.8 cm³/mol. The fraction of sp³-hybridized carbons (Fsp3) is 0.231. The van der Waals surface area contributed by atoms with Crippen LogP contribution in [0, 0.1) is 0 Å². The molecule has 0 radical (unpaired) electrons. The molecule has 8 heteroatoms. The third-order valence-electron chi connectivity index (χ3n) is 2.91. The van der Waals surface area contributed by atoms with Gasteiger partial charge in [-0.15, -0.1) is 0 Å². The zero-order valence-corrected chi connectivity index (χ0v) is 11.8. The van der Waals surface area contributed by atoms with Gasteiger partial charge < -0.3 is 15.8 Å². The second-order valence-corrected chi connectivity index (χ2v) is 4.60. The summed E-state index contributed by atoms with van der Waals surface area (Å²) in [5.41, 5.74) is 7.11. The van der Waals surface area contributed by atoms with Crippen molar-refractivity contribution in [2.45, 2.75) is 6.54 Å². The van der Waals surface area contributed by atoms with Gasteiger partial charge in [-0.25, -0.2) is 0 Å². The molecule has 2 aromatic heterocycles. The maximum Gasteiger partial charge on any atom is 0.272 e. The highest BCUT2D eigenvalue weighted by Crippen LogP contribution is 2.07. The number of nitrogens with two attached hydrogens (primary N) is 1. The lowest BCUT2D eigenvalue weighted by molar-refractivity contribution is 0.0779. The van der Waals surface area contributed by atoms with Crippen molar-refractivity contribution < 1.29 is 10.0 Å². The minimum Gasteiger partial charge on any atom is -0.409 e. The van der Waals surface area contributed by atoms with Crippen LogP contribution in [0.15, 0.2) is 35.9 Å². The Morgan fingerprint density at radius 2 is 2.24 bits per heavy atom. The van der Waals surface area contributed by atoms with Crippen LogP contribution in [0.3, 0.4) is 0 Å². The highest BCUT2D eigenvalue weighted by molar-refractivity contribution is 5.98. The van der Waals surface area contributed by atoms with E-state index in [-0.39, 0.29) is 17.4 Å². The Balaban J connectivity index is 2.08. The molecule has 21 heavy (non-hydrogen) atoms. The zero-order valence-electron chi connectivity index (χ0n) is 11.8. The number of aryl methyl sites for hydroxylation is 1. The molecule has 1 amide bonds. The molecule has 0 aliphatic heterocycles. The fourth-order valence-corrected chi connectivity index (χ4v) is 1.82. The van der Waals surface area contributed by atoms with Gasteiger partial charge in [-0.3, -0.25) is 14.5 Å². The first-order valence-electron chi connectivity index (χ1n) is 6.18. The van der Waals surface area contributed by atoms with Gasteiger partial charge in [0.05, 0.1) is 6.20 Å². The number of pyridine rings is 1. The molecular weight excluding hydrogens is 272 g/mol. The average molecular weight is 288 g/mol. The van der Waals surface area contributed by atoms with Crippen molar-refractivity contribution in [3.63, 3.8) is 0 Å². The van der Waals surface area contributed by atoms with Crippen molar-refractivity contribution in [3.8, 4) is 0 Å². The molecule has 8 nitrogen and oxygen atoms in total. The van der Waals surface area contributed by atoms with E-state index in [2.05, 4.69) is 15.2 Å². The van der Waals surface area contributed by atoms with Gasteiger partial charge >= 0.3 is 0 Å². The number of nitrogens with zero attached hydrogens (tertiary/aromatic N) is 5. The van der Waals surface area contributed by atoms with Gasteiger partial charge in [0.1, 0.15) is 5.69 Å². The highest BCUT2D eigenvalue weighted by Gasteiger charge is 2.14. The average Bonchev–Trinajstić information content (AvgIpc) is 2.90. The van der Waals surface area contributed by atoms with E-state index in [9.17, 15) is 4.79 Å². The predicted octanol–water partition coefficient (Wildman–Crippen LogP) is 0.182. The summed E-state index contributed by atoms with van der Waals surface area (Å²) < 4.78 is 1.68. The zero-order chi connectivity index (χ0) is 15.4. The summed E-state index contributed by atoms with van der Waals surface area (Å²) in [5.74, 6) is -0.268. The highest BCUT2D eigenvalue weighted by atomic mass is 16.4. The second-order valence-electron chi connectivity index (χ2n) is 4.60. The standard InChI is InChI=1S/C13H16N6O2/c1-18(7-9-5-16-19(2)8-9)13(20)11-4-3-10(6-15-11)12(14)17-21/h3-6,8,21H,7H2,1-2H3,(H2,14,17). The van der Waals surface area contributed by atoms with Gasteiger partial charge in [0.15, 0.2) is 5.84 Å². The number of carbonyl (C=O) groups is 1. The molecule has 2 heterocycles. The molecule has 2 rings (SSSR count). The minimum absolute atomic E-state index is 0.0507. The molecular formula is C13H16N6O2. The van der Waals surface area contributed by atoms with Crippen molar-refractivity contribution in [1.29, 1.82) is 0 Å². The summed E-state index contributed by atoms with van der Waals surface area (Å²) in [6.45, 7) is 0.441. The summed E-state index contributed by atoms with van der Waals surface area (Å²) in [7, 11) is 3.51. The smallest absolute Gasteiger partial charge is 0.272 e. The molecule has 0 saturated carbocycles. The Labute approximate surface area is 121 Å². The molecule has 2 aromatic rings. The third kappa shape index (κ3) is 3.35. The quantitative estimate of drug-likeness (QED) is 0.361. The van der Waals surface area contributed by atoms with Gasteiger partial charge in [-0.05, 0) is 12.1 Å². The van der Waals surface area contributed by atoms with E-state index in [4.69, 9.17) is 10.9 Å². The first kappa shape index (κ1) is 14.5. The summed E-state index contributed by atoms with van der Waals surface area (Å²) in [5, 5.41) is 15.5. The lowest BCUT2D eigenvalue weighted by atomic mass is 10.2. The van der Waals surface area contributed by atoms with Crippen LogP contribution in [-0.2, 0) is 13.6 Å². The Hall–Kier alpha value is -2.90. The molecule has 0 atom stereocenters. The number of rotatable bonds is 4. The molecule has 0 fully saturated rings. The van der Waals surface area contributed by atoms with Gasteiger partial charge in [0.25, 0.3) is 5.91 Å². The lowest BCUT2D eigenvalue weighted by Crippen LogP contribution is -2.27. The van der Waals surface area contributed by atoms with Crippen LogP contribution in [-0.4, -0.2) is 43.7 Å². The maximum absolute atomic E-state index is 12.2. The van der Waals surface area contributed by atoms with Crippen LogP contribution >= 0.6 is 0 Å². The second kappa shape index (κ2) is 6.04. The fourth-order valence-electron chi connectivity index (χ4n) is 1.82. The van der Waals surface area contributed by atoms with Crippen molar-refractivity contribution in [2.75, 3.05) is 7.05 Å². The van der Waals surface area contributed by atoms with Crippen LogP contribution in [0.4, 0.5) is 0 Å². The van der Waals surface area contributed by atoms with Crippen molar-refractivity contribution >= 4 is 11.7 Å². The summed E-state index contributed by atoms with van der Waals surface area (Å²) >= 11 is 0. The SMILES string of the molecule is CN(Cc1cnn(C)c1)C(=O)c1ccc(C(N)=NO)cn1. The number of amides is 1. The van der Waals surface area contributed by atoms with Crippen LogP contribution in [0.25, 0.3) is 0 Å². The van der Waals surface area contributed by atoms with Gasteiger partial charge in [0, 0.05) is 44.2 Å². The van der Waals surface area contributed by atoms with Crippen molar-refractivity contribution in [2.24, 2.45) is 17.9 Å². The summed E-state index contributed by atoms with van der Waals surface area (Å²) in [6.07, 6.45) is 4.94. The summed E-state index contributed by atoms with van der Waals surface area (Å²) in [6, 6.07) is 3.11. The Kier molecular flexibility index (Phi) is 4.17. The Morgan fingerprint density at radius 1 is 1.48 bits per heavy atom. The molecule has 0 aliphatic rings. The first-order valence-corrected chi connectivity index (χ1v) is 6.18. The molecule has 0 aromatic carbocycles. The maximum atomic E-state index is 12.2. The van der Waals surface area contributed by atoms with Crippen LogP contribution in [0.2, 0.25) is 0 Å². The normalized spacial score (nSPS) is 11.4. The molecule has 0 bridgehead atoms. The van der Waals surface area contributed by atoms with Crippen molar-refractivity contribution in [3.05, 3.63) is 47.5 Å². The summed E-state index contributed by atoms with van der Waals surface area (Å²) in [4.78, 5) is 17.8. The van der Waals surface area contributed by atoms with Crippen molar-refractivity contribution in [1.82, 2.24) is 19.7 Å². The molecule has 0 unspecified atom stereocenters. The number of amidine groups is 1. The van der Waals surface area contributed by atoms with E-state index in [0.717, 1.165) is 5.56 Å². The van der Waals surface area contributed by atoms with Gasteiger partial charge in [-0.2, -0.15) is 5.10 Å². The molecule has 0 spiro atoms. The lowest BCUT2D eigenvalue weighted by Gasteiger charge is -2.15. The topological polar surface area (TPSA) is 110 Å². The number of hydrogen-bond acceptors (Lipinski definition) is 5. The number of oxime groups is 1. The number of aromatic nitrogens is 3. The minimum atomic E-state index is -0.218. The number of hydrogen-bond donors (Lipinski definition) is 2. The van der Waals surface area contributed by atoms with Crippen LogP contribution in [0.1, 0.15) is 21.6 Å². The first-order chi connectivity index (χ1) is 10.0. The molecule has 110 valence electrons. The molecule has 3 N–H and O–H groups in total. The van der Waals surface area contributed by atoms with Crippen LogP contribution in [0.5, 0.6) is 0 Å². The third-order valence-corrected chi connectivity index (χ3v) is 2.91. The van der Waals surface area contributed by atoms with E-state index >= 15 is 0 Å².